The lowest BCUT2D eigenvalue weighted by Gasteiger charge is -2.26. The van der Waals surface area contributed by atoms with Crippen LogP contribution in [0, 0.1) is 5.92 Å². The molecule has 1 unspecified atom stereocenters. The van der Waals surface area contributed by atoms with Crippen molar-refractivity contribution in [2.45, 2.75) is 24.3 Å². The molecule has 0 aliphatic carbocycles. The van der Waals surface area contributed by atoms with E-state index in [0.717, 1.165) is 46.8 Å². The van der Waals surface area contributed by atoms with E-state index in [-0.39, 0.29) is 11.9 Å². The van der Waals surface area contributed by atoms with Gasteiger partial charge in [0, 0.05) is 18.8 Å². The summed E-state index contributed by atoms with van der Waals surface area (Å²) in [5.41, 5.74) is 1.15. The number of ether oxygens (including phenoxy) is 2. The maximum absolute atomic E-state index is 9.57. The Morgan fingerprint density at radius 3 is 2.85 bits per heavy atom. The second-order valence-electron chi connectivity index (χ2n) is 7.16. The number of rotatable bonds is 5. The molecule has 2 heterocycles. The average molecular weight is 372 g/mol. The molecule has 0 bridgehead atoms. The number of likely N-dealkylation sites (tertiary alicyclic amines) is 1. The van der Waals surface area contributed by atoms with E-state index in [4.69, 9.17) is 9.47 Å². The molecule has 2 aliphatic rings. The Kier molecular flexibility index (Phi) is 5.27. The number of fused-ring (bicyclic) bond motifs is 1. The molecule has 0 spiro atoms. The van der Waals surface area contributed by atoms with Crippen molar-refractivity contribution in [2.75, 3.05) is 32.0 Å². The van der Waals surface area contributed by atoms with E-state index in [1.807, 2.05) is 18.2 Å². The largest absolute Gasteiger partial charge is 0.508 e. The van der Waals surface area contributed by atoms with Crippen LogP contribution in [0.4, 0.5) is 0 Å². The van der Waals surface area contributed by atoms with Crippen molar-refractivity contribution in [3.63, 3.8) is 0 Å². The molecule has 1 N–H and O–H groups in total. The summed E-state index contributed by atoms with van der Waals surface area (Å²) in [5.74, 6) is 3.68. The first-order valence-electron chi connectivity index (χ1n) is 9.25. The monoisotopic (exact) mass is 371 g/mol. The molecule has 4 nitrogen and oxygen atoms in total. The van der Waals surface area contributed by atoms with Gasteiger partial charge in [-0.1, -0.05) is 19.1 Å². The first kappa shape index (κ1) is 17.6. The van der Waals surface area contributed by atoms with Crippen LogP contribution in [0.5, 0.6) is 17.2 Å². The van der Waals surface area contributed by atoms with Crippen molar-refractivity contribution in [3.8, 4) is 17.2 Å². The second kappa shape index (κ2) is 7.80. The third-order valence-electron chi connectivity index (χ3n) is 5.02. The Balaban J connectivity index is 1.31. The molecule has 2 atom stereocenters. The first-order valence-corrected chi connectivity index (χ1v) is 10.2. The van der Waals surface area contributed by atoms with E-state index in [1.165, 1.54) is 19.5 Å². The molecule has 0 radical (unpaired) electrons. The van der Waals surface area contributed by atoms with Crippen molar-refractivity contribution >= 4 is 11.8 Å². The molecule has 2 aliphatic heterocycles. The van der Waals surface area contributed by atoms with Crippen LogP contribution in [0.3, 0.4) is 0 Å². The normalized spacial score (nSPS) is 22.7. The summed E-state index contributed by atoms with van der Waals surface area (Å²) < 4.78 is 12.0. The molecular formula is C21H25NO3S. The maximum Gasteiger partial charge on any atom is 0.134 e. The van der Waals surface area contributed by atoms with Crippen molar-refractivity contribution in [1.82, 2.24) is 4.90 Å². The van der Waals surface area contributed by atoms with Gasteiger partial charge < -0.3 is 14.6 Å². The van der Waals surface area contributed by atoms with Crippen LogP contribution in [0.1, 0.15) is 25.0 Å². The van der Waals surface area contributed by atoms with E-state index in [0.29, 0.717) is 0 Å². The van der Waals surface area contributed by atoms with E-state index in [2.05, 4.69) is 24.0 Å². The summed E-state index contributed by atoms with van der Waals surface area (Å²) >= 11 is 1.72. The number of aromatic hydroxyl groups is 1. The minimum absolute atomic E-state index is 0.0252. The van der Waals surface area contributed by atoms with Gasteiger partial charge in [0.2, 0.25) is 0 Å². The van der Waals surface area contributed by atoms with Gasteiger partial charge in [0.25, 0.3) is 0 Å². The van der Waals surface area contributed by atoms with Gasteiger partial charge in [-0.05, 0) is 54.8 Å². The van der Waals surface area contributed by atoms with Gasteiger partial charge in [-0.15, -0.1) is 11.8 Å². The Bertz CT molecular complexity index is 749. The molecule has 0 aromatic heterocycles. The molecule has 2 aromatic carbocycles. The first-order chi connectivity index (χ1) is 12.7. The topological polar surface area (TPSA) is 41.9 Å². The lowest BCUT2D eigenvalue weighted by Crippen LogP contribution is -2.25. The fourth-order valence-electron chi connectivity index (χ4n) is 3.52. The zero-order chi connectivity index (χ0) is 17.9. The molecule has 0 amide bonds. The fourth-order valence-corrected chi connectivity index (χ4v) is 4.58. The Morgan fingerprint density at radius 1 is 1.23 bits per heavy atom. The molecule has 2 aromatic rings. The minimum Gasteiger partial charge on any atom is -0.508 e. The summed E-state index contributed by atoms with van der Waals surface area (Å²) in [6, 6.07) is 13.5. The SMILES string of the molecule is CC1CCN(CCOc2ccc([C@H]3CSc4cc(O)ccc4O3)cc2)C1. The molecule has 5 heteroatoms. The highest BCUT2D eigenvalue weighted by molar-refractivity contribution is 7.99. The van der Waals surface area contributed by atoms with Gasteiger partial charge in [-0.25, -0.2) is 0 Å². The van der Waals surface area contributed by atoms with E-state index >= 15 is 0 Å². The number of thioether (sulfide) groups is 1. The van der Waals surface area contributed by atoms with Crippen LogP contribution in [-0.4, -0.2) is 42.0 Å². The fraction of sp³-hybridized carbons (Fsp3) is 0.429. The summed E-state index contributed by atoms with van der Waals surface area (Å²) in [6.45, 7) is 6.43. The molecule has 138 valence electrons. The Hall–Kier alpha value is -1.85. The Morgan fingerprint density at radius 2 is 2.08 bits per heavy atom. The van der Waals surface area contributed by atoms with Crippen LogP contribution in [0.2, 0.25) is 0 Å². The van der Waals surface area contributed by atoms with Crippen LogP contribution < -0.4 is 9.47 Å². The molecule has 1 fully saturated rings. The zero-order valence-electron chi connectivity index (χ0n) is 15.1. The van der Waals surface area contributed by atoms with Gasteiger partial charge in [-0.3, -0.25) is 4.90 Å². The summed E-state index contributed by atoms with van der Waals surface area (Å²) in [7, 11) is 0. The molecular weight excluding hydrogens is 346 g/mol. The van der Waals surface area contributed by atoms with Crippen molar-refractivity contribution in [3.05, 3.63) is 48.0 Å². The van der Waals surface area contributed by atoms with E-state index in [9.17, 15) is 5.11 Å². The lowest BCUT2D eigenvalue weighted by atomic mass is 10.1. The van der Waals surface area contributed by atoms with Crippen molar-refractivity contribution in [2.24, 2.45) is 5.92 Å². The third-order valence-corrected chi connectivity index (χ3v) is 6.12. The van der Waals surface area contributed by atoms with Crippen LogP contribution in [-0.2, 0) is 0 Å². The Labute approximate surface area is 159 Å². The van der Waals surface area contributed by atoms with Gasteiger partial charge in [-0.2, -0.15) is 0 Å². The predicted molar refractivity (Wildman–Crippen MR) is 104 cm³/mol. The highest BCUT2D eigenvalue weighted by Crippen LogP contribution is 2.42. The molecule has 26 heavy (non-hydrogen) atoms. The summed E-state index contributed by atoms with van der Waals surface area (Å²) in [5, 5.41) is 9.57. The minimum atomic E-state index is 0.0252. The van der Waals surface area contributed by atoms with Gasteiger partial charge in [0.05, 0.1) is 4.90 Å². The quantitative estimate of drug-likeness (QED) is 0.847. The maximum atomic E-state index is 9.57. The zero-order valence-corrected chi connectivity index (χ0v) is 15.9. The van der Waals surface area contributed by atoms with Crippen molar-refractivity contribution in [1.29, 1.82) is 0 Å². The van der Waals surface area contributed by atoms with Crippen LogP contribution >= 0.6 is 11.8 Å². The number of hydrogen-bond donors (Lipinski definition) is 1. The van der Waals surface area contributed by atoms with Gasteiger partial charge in [0.1, 0.15) is 30.0 Å². The molecule has 4 rings (SSSR count). The number of hydrogen-bond acceptors (Lipinski definition) is 5. The number of nitrogens with zero attached hydrogens (tertiary/aromatic N) is 1. The van der Waals surface area contributed by atoms with Gasteiger partial charge >= 0.3 is 0 Å². The highest BCUT2D eigenvalue weighted by atomic mass is 32.2. The highest BCUT2D eigenvalue weighted by Gasteiger charge is 2.22. The predicted octanol–water partition coefficient (Wildman–Crippen LogP) is 4.34. The van der Waals surface area contributed by atoms with Crippen LogP contribution in [0.15, 0.2) is 47.4 Å². The van der Waals surface area contributed by atoms with Crippen molar-refractivity contribution < 1.29 is 14.6 Å². The average Bonchev–Trinajstić information content (AvgIpc) is 3.07. The van der Waals surface area contributed by atoms with Crippen LogP contribution in [0.25, 0.3) is 0 Å². The summed E-state index contributed by atoms with van der Waals surface area (Å²) in [4.78, 5) is 3.47. The lowest BCUT2D eigenvalue weighted by molar-refractivity contribution is 0.219. The number of benzene rings is 2. The van der Waals surface area contributed by atoms with E-state index in [1.54, 1.807) is 23.9 Å². The molecule has 1 saturated heterocycles. The van der Waals surface area contributed by atoms with Gasteiger partial charge in [0.15, 0.2) is 0 Å². The second-order valence-corrected chi connectivity index (χ2v) is 8.22. The molecule has 0 saturated carbocycles. The number of phenolic OH excluding ortho intramolecular Hbond substituents is 1. The standard InChI is InChI=1S/C21H25NO3S/c1-15-8-9-22(13-15)10-11-24-18-5-2-16(3-6-18)20-14-26-21-12-17(23)4-7-19(21)25-20/h2-7,12,15,20,23H,8-11,13-14H2,1H3/t15?,20-/m1/s1. The summed E-state index contributed by atoms with van der Waals surface area (Å²) in [6.07, 6.45) is 1.33. The smallest absolute Gasteiger partial charge is 0.134 e. The van der Waals surface area contributed by atoms with E-state index < -0.39 is 0 Å². The number of phenols is 1. The third kappa shape index (κ3) is 4.10.